The minimum atomic E-state index is -4.53. The third kappa shape index (κ3) is 4.38. The quantitative estimate of drug-likeness (QED) is 0.817. The predicted molar refractivity (Wildman–Crippen MR) is 68.2 cm³/mol. The molecule has 0 aliphatic heterocycles. The number of aliphatic hydroxyl groups is 1. The molecule has 0 fully saturated rings. The van der Waals surface area contributed by atoms with Crippen molar-refractivity contribution in [3.05, 3.63) is 23.4 Å². The second-order valence-corrected chi connectivity index (χ2v) is 4.38. The largest absolute Gasteiger partial charge is 0.433 e. The van der Waals surface area contributed by atoms with Crippen molar-refractivity contribution in [1.82, 2.24) is 4.98 Å². The van der Waals surface area contributed by atoms with Crippen LogP contribution in [0, 0.1) is 11.3 Å². The van der Waals surface area contributed by atoms with Gasteiger partial charge in [0.1, 0.15) is 17.6 Å². The standard InChI is InChI=1S/C13H16F3N3O/c1-19(7-3-2-4-8-20)12-10(9-17)5-6-11(18-12)13(14,15)16/h5-6,20H,2-4,7-8H2,1H3. The second kappa shape index (κ2) is 7.10. The Labute approximate surface area is 115 Å². The number of nitriles is 1. The smallest absolute Gasteiger partial charge is 0.396 e. The van der Waals surface area contributed by atoms with E-state index >= 15 is 0 Å². The normalized spacial score (nSPS) is 11.2. The molecule has 1 aromatic rings. The Hall–Kier alpha value is -1.81. The molecule has 0 unspecified atom stereocenters. The Bertz CT molecular complexity index is 483. The van der Waals surface area contributed by atoms with Crippen LogP contribution in [-0.4, -0.2) is 30.3 Å². The molecule has 1 heterocycles. The maximum atomic E-state index is 12.6. The summed E-state index contributed by atoms with van der Waals surface area (Å²) < 4.78 is 37.9. The van der Waals surface area contributed by atoms with E-state index in [9.17, 15) is 13.2 Å². The highest BCUT2D eigenvalue weighted by atomic mass is 19.4. The molecule has 0 spiro atoms. The van der Waals surface area contributed by atoms with Crippen LogP contribution >= 0.6 is 0 Å². The number of anilines is 1. The van der Waals surface area contributed by atoms with Gasteiger partial charge in [-0.3, -0.25) is 0 Å². The van der Waals surface area contributed by atoms with Gasteiger partial charge in [-0.25, -0.2) is 4.98 Å². The molecule has 0 aliphatic rings. The number of aromatic nitrogens is 1. The van der Waals surface area contributed by atoms with Crippen LogP contribution in [0.25, 0.3) is 0 Å². The Morgan fingerprint density at radius 3 is 2.55 bits per heavy atom. The fourth-order valence-corrected chi connectivity index (χ4v) is 1.73. The minimum Gasteiger partial charge on any atom is -0.396 e. The number of hydrogen-bond acceptors (Lipinski definition) is 4. The molecule has 0 bridgehead atoms. The highest BCUT2D eigenvalue weighted by Gasteiger charge is 2.33. The molecule has 0 saturated heterocycles. The Morgan fingerprint density at radius 1 is 1.30 bits per heavy atom. The van der Waals surface area contributed by atoms with E-state index in [1.165, 1.54) is 4.90 Å². The molecule has 110 valence electrons. The van der Waals surface area contributed by atoms with Crippen molar-refractivity contribution < 1.29 is 18.3 Å². The molecule has 0 saturated carbocycles. The minimum absolute atomic E-state index is 0.0336. The number of pyridine rings is 1. The maximum absolute atomic E-state index is 12.6. The SMILES string of the molecule is CN(CCCCCO)c1nc(C(F)(F)F)ccc1C#N. The van der Waals surface area contributed by atoms with Crippen LogP contribution < -0.4 is 4.90 Å². The predicted octanol–water partition coefficient (Wildman–Crippen LogP) is 2.57. The van der Waals surface area contributed by atoms with Gasteiger partial charge in [-0.15, -0.1) is 0 Å². The number of halogens is 3. The van der Waals surface area contributed by atoms with Gasteiger partial charge >= 0.3 is 6.18 Å². The maximum Gasteiger partial charge on any atom is 0.433 e. The third-order valence-electron chi connectivity index (χ3n) is 2.80. The molecule has 7 heteroatoms. The first-order valence-corrected chi connectivity index (χ1v) is 6.20. The summed E-state index contributed by atoms with van der Waals surface area (Å²) in [5.74, 6) is 0.0336. The van der Waals surface area contributed by atoms with E-state index < -0.39 is 11.9 Å². The Balaban J connectivity index is 2.88. The molecule has 0 aliphatic carbocycles. The number of rotatable bonds is 6. The summed E-state index contributed by atoms with van der Waals surface area (Å²) >= 11 is 0. The average Bonchev–Trinajstić information content (AvgIpc) is 2.41. The molecule has 20 heavy (non-hydrogen) atoms. The molecule has 1 aromatic heterocycles. The van der Waals surface area contributed by atoms with Gasteiger partial charge in [0.15, 0.2) is 0 Å². The van der Waals surface area contributed by atoms with Crippen molar-refractivity contribution in [3.63, 3.8) is 0 Å². The monoisotopic (exact) mass is 287 g/mol. The first-order valence-electron chi connectivity index (χ1n) is 6.20. The zero-order valence-electron chi connectivity index (χ0n) is 11.1. The molecular weight excluding hydrogens is 271 g/mol. The first kappa shape index (κ1) is 16.2. The average molecular weight is 287 g/mol. The zero-order valence-corrected chi connectivity index (χ0v) is 11.1. The Kier molecular flexibility index (Phi) is 5.77. The summed E-state index contributed by atoms with van der Waals surface area (Å²) in [5, 5.41) is 17.6. The lowest BCUT2D eigenvalue weighted by Gasteiger charge is -2.20. The van der Waals surface area contributed by atoms with Crippen molar-refractivity contribution in [2.75, 3.05) is 25.1 Å². The van der Waals surface area contributed by atoms with Gasteiger partial charge in [-0.2, -0.15) is 18.4 Å². The van der Waals surface area contributed by atoms with Gasteiger partial charge in [0, 0.05) is 20.2 Å². The summed E-state index contributed by atoms with van der Waals surface area (Å²) in [6.07, 6.45) is -2.41. The zero-order chi connectivity index (χ0) is 15.2. The molecular formula is C13H16F3N3O. The van der Waals surface area contributed by atoms with E-state index in [1.807, 2.05) is 6.07 Å². The summed E-state index contributed by atoms with van der Waals surface area (Å²) in [6.45, 7) is 0.567. The van der Waals surface area contributed by atoms with Crippen molar-refractivity contribution in [3.8, 4) is 6.07 Å². The summed E-state index contributed by atoms with van der Waals surface area (Å²) in [4.78, 5) is 5.08. The van der Waals surface area contributed by atoms with E-state index in [-0.39, 0.29) is 18.0 Å². The van der Waals surface area contributed by atoms with Gasteiger partial charge in [-0.05, 0) is 31.4 Å². The summed E-state index contributed by atoms with van der Waals surface area (Å²) in [7, 11) is 1.60. The van der Waals surface area contributed by atoms with Gasteiger partial charge in [0.25, 0.3) is 0 Å². The first-order chi connectivity index (χ1) is 9.40. The highest BCUT2D eigenvalue weighted by molar-refractivity contribution is 5.54. The molecule has 1 N–H and O–H groups in total. The summed E-state index contributed by atoms with van der Waals surface area (Å²) in [6, 6.07) is 3.79. The van der Waals surface area contributed by atoms with E-state index in [2.05, 4.69) is 4.98 Å². The van der Waals surface area contributed by atoms with Crippen molar-refractivity contribution in [2.45, 2.75) is 25.4 Å². The Morgan fingerprint density at radius 2 is 2.00 bits per heavy atom. The van der Waals surface area contributed by atoms with Gasteiger partial charge in [0.2, 0.25) is 0 Å². The summed E-state index contributed by atoms with van der Waals surface area (Å²) in [5.41, 5.74) is -0.892. The lowest BCUT2D eigenvalue weighted by Crippen LogP contribution is -2.22. The van der Waals surface area contributed by atoms with Crippen molar-refractivity contribution >= 4 is 5.82 Å². The van der Waals surface area contributed by atoms with E-state index in [1.54, 1.807) is 7.05 Å². The number of aliphatic hydroxyl groups excluding tert-OH is 1. The lowest BCUT2D eigenvalue weighted by atomic mass is 10.2. The number of alkyl halides is 3. The van der Waals surface area contributed by atoms with Crippen LogP contribution in [0.15, 0.2) is 12.1 Å². The number of nitrogens with zero attached hydrogens (tertiary/aromatic N) is 3. The second-order valence-electron chi connectivity index (χ2n) is 4.38. The molecule has 0 amide bonds. The molecule has 0 radical (unpaired) electrons. The fourth-order valence-electron chi connectivity index (χ4n) is 1.73. The van der Waals surface area contributed by atoms with Gasteiger partial charge in [-0.1, -0.05) is 0 Å². The molecule has 1 rings (SSSR count). The van der Waals surface area contributed by atoms with Crippen LogP contribution in [0.1, 0.15) is 30.5 Å². The lowest BCUT2D eigenvalue weighted by molar-refractivity contribution is -0.141. The van der Waals surface area contributed by atoms with Crippen molar-refractivity contribution in [1.29, 1.82) is 5.26 Å². The van der Waals surface area contributed by atoms with Crippen LogP contribution in [0.2, 0.25) is 0 Å². The fraction of sp³-hybridized carbons (Fsp3) is 0.538. The number of hydrogen-bond donors (Lipinski definition) is 1. The molecule has 0 aromatic carbocycles. The van der Waals surface area contributed by atoms with E-state index in [0.29, 0.717) is 19.4 Å². The topological polar surface area (TPSA) is 60.1 Å². The highest BCUT2D eigenvalue weighted by Crippen LogP contribution is 2.30. The van der Waals surface area contributed by atoms with Crippen molar-refractivity contribution in [2.24, 2.45) is 0 Å². The van der Waals surface area contributed by atoms with E-state index in [0.717, 1.165) is 18.6 Å². The van der Waals surface area contributed by atoms with Gasteiger partial charge in [0.05, 0.1) is 5.56 Å². The molecule has 0 atom stereocenters. The van der Waals surface area contributed by atoms with Crippen LogP contribution in [0.4, 0.5) is 19.0 Å². The van der Waals surface area contributed by atoms with Crippen LogP contribution in [-0.2, 0) is 6.18 Å². The molecule has 4 nitrogen and oxygen atoms in total. The van der Waals surface area contributed by atoms with Crippen LogP contribution in [0.3, 0.4) is 0 Å². The number of unbranched alkanes of at least 4 members (excludes halogenated alkanes) is 2. The van der Waals surface area contributed by atoms with E-state index in [4.69, 9.17) is 10.4 Å². The van der Waals surface area contributed by atoms with Gasteiger partial charge < -0.3 is 10.0 Å². The third-order valence-corrected chi connectivity index (χ3v) is 2.80. The van der Waals surface area contributed by atoms with Crippen LogP contribution in [0.5, 0.6) is 0 Å².